The zero-order chi connectivity index (χ0) is 15.3. The molecule has 4 heteroatoms. The summed E-state index contributed by atoms with van der Waals surface area (Å²) in [5, 5.41) is 12.4. The predicted molar refractivity (Wildman–Crippen MR) is 82.5 cm³/mol. The zero-order valence-electron chi connectivity index (χ0n) is 13.8. The molecule has 0 aliphatic carbocycles. The summed E-state index contributed by atoms with van der Waals surface area (Å²) in [6, 6.07) is 0.214. The second-order valence-corrected chi connectivity index (χ2v) is 7.65. The van der Waals surface area contributed by atoms with Gasteiger partial charge in [-0.2, -0.15) is 0 Å². The Balaban J connectivity index is 2.62. The smallest absolute Gasteiger partial charge is 0.225 e. The third-order valence-electron chi connectivity index (χ3n) is 3.79. The van der Waals surface area contributed by atoms with Crippen molar-refractivity contribution in [3.8, 4) is 0 Å². The maximum Gasteiger partial charge on any atom is 0.225 e. The lowest BCUT2D eigenvalue weighted by Gasteiger charge is -2.39. The summed E-state index contributed by atoms with van der Waals surface area (Å²) in [6.07, 6.45) is 1.81. The highest BCUT2D eigenvalue weighted by atomic mass is 16.3. The van der Waals surface area contributed by atoms with E-state index in [0.29, 0.717) is 11.8 Å². The Bertz CT molecular complexity index is 310. The van der Waals surface area contributed by atoms with Crippen molar-refractivity contribution in [1.29, 1.82) is 0 Å². The lowest BCUT2D eigenvalue weighted by atomic mass is 9.89. The average Bonchev–Trinajstić information content (AvgIpc) is 2.26. The Morgan fingerprint density at radius 1 is 1.35 bits per heavy atom. The van der Waals surface area contributed by atoms with Crippen LogP contribution in [0.1, 0.15) is 47.5 Å². The maximum atomic E-state index is 12.1. The Kier molecular flexibility index (Phi) is 6.46. The molecule has 4 nitrogen and oxygen atoms in total. The third-order valence-corrected chi connectivity index (χ3v) is 3.79. The van der Waals surface area contributed by atoms with Crippen LogP contribution in [-0.2, 0) is 4.79 Å². The summed E-state index contributed by atoms with van der Waals surface area (Å²) in [5.74, 6) is 1.23. The summed E-state index contributed by atoms with van der Waals surface area (Å²) < 4.78 is 0. The second-order valence-electron chi connectivity index (χ2n) is 7.65. The van der Waals surface area contributed by atoms with Gasteiger partial charge in [-0.25, -0.2) is 0 Å². The molecule has 1 fully saturated rings. The van der Waals surface area contributed by atoms with Gasteiger partial charge in [-0.05, 0) is 24.7 Å². The van der Waals surface area contributed by atoms with Crippen LogP contribution in [-0.4, -0.2) is 48.2 Å². The van der Waals surface area contributed by atoms with Gasteiger partial charge in [-0.1, -0.05) is 34.6 Å². The predicted octanol–water partition coefficient (Wildman–Crippen LogP) is 1.88. The minimum atomic E-state index is -0.340. The van der Waals surface area contributed by atoms with Crippen molar-refractivity contribution in [2.24, 2.45) is 17.3 Å². The molecule has 0 aromatic carbocycles. The topological polar surface area (TPSA) is 52.6 Å². The molecule has 0 radical (unpaired) electrons. The van der Waals surface area contributed by atoms with Crippen LogP contribution in [0.5, 0.6) is 0 Å². The number of aliphatic hydroxyl groups is 1. The van der Waals surface area contributed by atoms with Crippen LogP contribution >= 0.6 is 0 Å². The fraction of sp³-hybridized carbons (Fsp3) is 0.938. The summed E-state index contributed by atoms with van der Waals surface area (Å²) in [7, 11) is 0. The van der Waals surface area contributed by atoms with Gasteiger partial charge in [0.05, 0.1) is 0 Å². The normalized spacial score (nSPS) is 24.9. The van der Waals surface area contributed by atoms with Crippen molar-refractivity contribution in [1.82, 2.24) is 10.2 Å². The molecule has 118 valence electrons. The second kappa shape index (κ2) is 7.41. The highest BCUT2D eigenvalue weighted by Crippen LogP contribution is 2.22. The van der Waals surface area contributed by atoms with Crippen molar-refractivity contribution in [2.45, 2.75) is 53.5 Å². The summed E-state index contributed by atoms with van der Waals surface area (Å²) in [6.45, 7) is 13.6. The molecule has 0 aromatic heterocycles. The van der Waals surface area contributed by atoms with Crippen LogP contribution in [0.25, 0.3) is 0 Å². The molecule has 20 heavy (non-hydrogen) atoms. The summed E-state index contributed by atoms with van der Waals surface area (Å²) >= 11 is 0. The van der Waals surface area contributed by atoms with Crippen molar-refractivity contribution in [3.63, 3.8) is 0 Å². The van der Waals surface area contributed by atoms with E-state index in [0.717, 1.165) is 32.5 Å². The van der Waals surface area contributed by atoms with Crippen LogP contribution in [0.15, 0.2) is 0 Å². The van der Waals surface area contributed by atoms with Crippen LogP contribution in [0.4, 0.5) is 0 Å². The molecule has 2 unspecified atom stereocenters. The minimum Gasteiger partial charge on any atom is -0.396 e. The molecule has 1 aliphatic rings. The Hall–Kier alpha value is -0.610. The number of amides is 1. The van der Waals surface area contributed by atoms with E-state index < -0.39 is 0 Å². The van der Waals surface area contributed by atoms with E-state index >= 15 is 0 Å². The molecule has 1 saturated heterocycles. The average molecular weight is 284 g/mol. The molecule has 1 rings (SSSR count). The Labute approximate surface area is 123 Å². The number of likely N-dealkylation sites (tertiary alicyclic amines) is 1. The standard InChI is InChI=1S/C16H32N2O2/c1-12(2)9-18-10-13(6-7-19)8-14(11-18)17-15(20)16(3,4)5/h12-14,19H,6-11H2,1-5H3,(H,17,20). The van der Waals surface area contributed by atoms with Gasteiger partial charge in [0.2, 0.25) is 5.91 Å². The highest BCUT2D eigenvalue weighted by molar-refractivity contribution is 5.81. The monoisotopic (exact) mass is 284 g/mol. The molecule has 1 amide bonds. The molecule has 2 N–H and O–H groups in total. The van der Waals surface area contributed by atoms with Gasteiger partial charge in [0.25, 0.3) is 0 Å². The zero-order valence-corrected chi connectivity index (χ0v) is 13.8. The van der Waals surface area contributed by atoms with Crippen LogP contribution in [0.2, 0.25) is 0 Å². The molecular formula is C16H32N2O2. The van der Waals surface area contributed by atoms with Crippen LogP contribution < -0.4 is 5.32 Å². The maximum absolute atomic E-state index is 12.1. The Morgan fingerprint density at radius 2 is 2.00 bits per heavy atom. The number of carbonyl (C=O) groups excluding carboxylic acids is 1. The Morgan fingerprint density at radius 3 is 2.50 bits per heavy atom. The molecule has 2 atom stereocenters. The van der Waals surface area contributed by atoms with Crippen molar-refractivity contribution in [3.05, 3.63) is 0 Å². The lowest BCUT2D eigenvalue weighted by molar-refractivity contribution is -0.129. The summed E-state index contributed by atoms with van der Waals surface area (Å²) in [4.78, 5) is 14.6. The first-order valence-electron chi connectivity index (χ1n) is 7.86. The lowest BCUT2D eigenvalue weighted by Crippen LogP contribution is -2.53. The van der Waals surface area contributed by atoms with E-state index in [4.69, 9.17) is 0 Å². The fourth-order valence-electron chi connectivity index (χ4n) is 2.87. The van der Waals surface area contributed by atoms with Gasteiger partial charge in [0.15, 0.2) is 0 Å². The van der Waals surface area contributed by atoms with E-state index in [1.165, 1.54) is 0 Å². The van der Waals surface area contributed by atoms with E-state index in [2.05, 4.69) is 24.1 Å². The molecule has 0 saturated carbocycles. The number of hydrogen-bond donors (Lipinski definition) is 2. The molecule has 0 bridgehead atoms. The van der Waals surface area contributed by atoms with Gasteiger partial charge < -0.3 is 15.3 Å². The molecular weight excluding hydrogens is 252 g/mol. The van der Waals surface area contributed by atoms with E-state index in [1.807, 2.05) is 20.8 Å². The fourth-order valence-corrected chi connectivity index (χ4v) is 2.87. The number of aliphatic hydroxyl groups excluding tert-OH is 1. The molecule has 0 spiro atoms. The number of nitrogens with zero attached hydrogens (tertiary/aromatic N) is 1. The van der Waals surface area contributed by atoms with Crippen LogP contribution in [0.3, 0.4) is 0 Å². The number of carbonyl (C=O) groups is 1. The first-order valence-corrected chi connectivity index (χ1v) is 7.86. The minimum absolute atomic E-state index is 0.122. The van der Waals surface area contributed by atoms with Crippen molar-refractivity contribution < 1.29 is 9.90 Å². The van der Waals surface area contributed by atoms with Crippen molar-refractivity contribution in [2.75, 3.05) is 26.2 Å². The first kappa shape index (κ1) is 17.4. The largest absolute Gasteiger partial charge is 0.396 e. The molecule has 0 aromatic rings. The quantitative estimate of drug-likeness (QED) is 0.810. The van der Waals surface area contributed by atoms with Gasteiger partial charge >= 0.3 is 0 Å². The van der Waals surface area contributed by atoms with Gasteiger partial charge in [-0.15, -0.1) is 0 Å². The molecule has 1 heterocycles. The number of rotatable bonds is 5. The number of piperidine rings is 1. The third kappa shape index (κ3) is 5.80. The van der Waals surface area contributed by atoms with Gasteiger partial charge in [0.1, 0.15) is 0 Å². The van der Waals surface area contributed by atoms with Crippen LogP contribution in [0, 0.1) is 17.3 Å². The van der Waals surface area contributed by atoms with E-state index in [9.17, 15) is 9.90 Å². The van der Waals surface area contributed by atoms with Crippen molar-refractivity contribution >= 4 is 5.91 Å². The van der Waals surface area contributed by atoms with Gasteiger partial charge in [0, 0.05) is 37.7 Å². The molecule has 1 aliphatic heterocycles. The first-order chi connectivity index (χ1) is 9.22. The highest BCUT2D eigenvalue weighted by Gasteiger charge is 2.30. The SMILES string of the molecule is CC(C)CN1CC(CCO)CC(NC(=O)C(C)(C)C)C1. The van der Waals surface area contributed by atoms with E-state index in [1.54, 1.807) is 0 Å². The number of hydrogen-bond acceptors (Lipinski definition) is 3. The number of nitrogens with one attached hydrogen (secondary N) is 1. The van der Waals surface area contributed by atoms with E-state index in [-0.39, 0.29) is 24.0 Å². The van der Waals surface area contributed by atoms with Gasteiger partial charge in [-0.3, -0.25) is 4.79 Å². The summed E-state index contributed by atoms with van der Waals surface area (Å²) in [5.41, 5.74) is -0.340.